The highest BCUT2D eigenvalue weighted by Crippen LogP contribution is 2.33. The average Bonchev–Trinajstić information content (AvgIpc) is 2.65. The summed E-state index contributed by atoms with van der Waals surface area (Å²) in [5.41, 5.74) is 6.24. The van der Waals surface area contributed by atoms with Crippen LogP contribution in [0.5, 0.6) is 0 Å². The van der Waals surface area contributed by atoms with Crippen molar-refractivity contribution >= 4 is 0 Å². The highest BCUT2D eigenvalue weighted by atomic mass is 19.4. The van der Waals surface area contributed by atoms with Gasteiger partial charge in [0, 0.05) is 7.05 Å². The van der Waals surface area contributed by atoms with Gasteiger partial charge < -0.3 is 5.73 Å². The van der Waals surface area contributed by atoms with Gasteiger partial charge in [-0.25, -0.2) is 4.39 Å². The number of halogens is 4. The molecule has 2 aromatic rings. The Balaban J connectivity index is 2.39. The SMILES string of the molecule is Cc1cc(C(N)c2ccc(C(F)(F)F)c(F)c2)n(C)n1. The quantitative estimate of drug-likeness (QED) is 0.863. The lowest BCUT2D eigenvalue weighted by molar-refractivity contribution is -0.140. The summed E-state index contributed by atoms with van der Waals surface area (Å²) < 4.78 is 52.5. The summed E-state index contributed by atoms with van der Waals surface area (Å²) in [6, 6.07) is 3.67. The van der Waals surface area contributed by atoms with Gasteiger partial charge in [-0.1, -0.05) is 6.07 Å². The highest BCUT2D eigenvalue weighted by molar-refractivity contribution is 5.33. The minimum absolute atomic E-state index is 0.263. The fourth-order valence-electron chi connectivity index (χ4n) is 2.05. The van der Waals surface area contributed by atoms with Crippen LogP contribution in [-0.2, 0) is 13.2 Å². The fourth-order valence-corrected chi connectivity index (χ4v) is 2.05. The molecule has 2 N–H and O–H groups in total. The van der Waals surface area contributed by atoms with Crippen molar-refractivity contribution in [2.45, 2.75) is 19.1 Å². The van der Waals surface area contributed by atoms with E-state index < -0.39 is 23.6 Å². The maximum Gasteiger partial charge on any atom is 0.419 e. The van der Waals surface area contributed by atoms with Crippen molar-refractivity contribution in [2.24, 2.45) is 12.8 Å². The van der Waals surface area contributed by atoms with Crippen LogP contribution in [-0.4, -0.2) is 9.78 Å². The molecule has 0 radical (unpaired) electrons. The summed E-state index contributed by atoms with van der Waals surface area (Å²) in [6.45, 7) is 1.77. The van der Waals surface area contributed by atoms with Gasteiger partial charge in [0.05, 0.1) is 23.0 Å². The van der Waals surface area contributed by atoms with Crippen LogP contribution in [0, 0.1) is 12.7 Å². The van der Waals surface area contributed by atoms with Gasteiger partial charge in [-0.05, 0) is 30.7 Å². The second-order valence-electron chi connectivity index (χ2n) is 4.55. The number of aromatic nitrogens is 2. The minimum atomic E-state index is -4.71. The molecule has 1 heterocycles. The summed E-state index contributed by atoms with van der Waals surface area (Å²) in [5.74, 6) is -1.33. The molecule has 0 aliphatic heterocycles. The summed E-state index contributed by atoms with van der Waals surface area (Å²) in [5, 5.41) is 4.10. The van der Waals surface area contributed by atoms with Gasteiger partial charge in [0.15, 0.2) is 0 Å². The molecule has 3 nitrogen and oxygen atoms in total. The average molecular weight is 287 g/mol. The summed E-state index contributed by atoms with van der Waals surface area (Å²) >= 11 is 0. The third-order valence-electron chi connectivity index (χ3n) is 3.01. The molecule has 0 saturated carbocycles. The first-order valence-corrected chi connectivity index (χ1v) is 5.83. The Morgan fingerprint density at radius 1 is 1.25 bits per heavy atom. The Kier molecular flexibility index (Phi) is 3.56. The summed E-state index contributed by atoms with van der Waals surface area (Å²) in [6.07, 6.45) is -4.71. The van der Waals surface area contributed by atoms with Crippen molar-refractivity contribution in [2.75, 3.05) is 0 Å². The summed E-state index contributed by atoms with van der Waals surface area (Å²) in [7, 11) is 1.67. The molecule has 0 fully saturated rings. The van der Waals surface area contributed by atoms with Crippen molar-refractivity contribution in [3.63, 3.8) is 0 Å². The number of hydrogen-bond acceptors (Lipinski definition) is 2. The molecule has 0 aliphatic rings. The lowest BCUT2D eigenvalue weighted by Gasteiger charge is -2.14. The lowest BCUT2D eigenvalue weighted by Crippen LogP contribution is -2.17. The fraction of sp³-hybridized carbons (Fsp3) is 0.308. The highest BCUT2D eigenvalue weighted by Gasteiger charge is 2.34. The molecule has 1 atom stereocenters. The van der Waals surface area contributed by atoms with Crippen LogP contribution in [0.15, 0.2) is 24.3 Å². The zero-order valence-electron chi connectivity index (χ0n) is 10.9. The van der Waals surface area contributed by atoms with E-state index >= 15 is 0 Å². The van der Waals surface area contributed by atoms with Crippen LogP contribution in [0.1, 0.15) is 28.6 Å². The Bertz CT molecular complexity index is 631. The van der Waals surface area contributed by atoms with Crippen molar-refractivity contribution in [3.8, 4) is 0 Å². The molecule has 1 unspecified atom stereocenters. The van der Waals surface area contributed by atoms with E-state index in [4.69, 9.17) is 5.73 Å². The molecular weight excluding hydrogens is 274 g/mol. The molecule has 1 aromatic carbocycles. The van der Waals surface area contributed by atoms with E-state index in [1.807, 2.05) is 0 Å². The normalized spacial score (nSPS) is 13.6. The van der Waals surface area contributed by atoms with Gasteiger partial charge in [-0.3, -0.25) is 4.68 Å². The molecule has 0 bridgehead atoms. The first kappa shape index (κ1) is 14.5. The third kappa shape index (κ3) is 2.67. The number of benzene rings is 1. The van der Waals surface area contributed by atoms with Crippen LogP contribution in [0.3, 0.4) is 0 Å². The van der Waals surface area contributed by atoms with Gasteiger partial charge in [0.2, 0.25) is 0 Å². The van der Waals surface area contributed by atoms with Gasteiger partial charge in [0.1, 0.15) is 5.82 Å². The predicted molar refractivity (Wildman–Crippen MR) is 65.4 cm³/mol. The van der Waals surface area contributed by atoms with Crippen LogP contribution in [0.2, 0.25) is 0 Å². The largest absolute Gasteiger partial charge is 0.419 e. The zero-order valence-corrected chi connectivity index (χ0v) is 10.9. The van der Waals surface area contributed by atoms with E-state index in [0.717, 1.165) is 11.8 Å². The molecule has 0 saturated heterocycles. The lowest BCUT2D eigenvalue weighted by atomic mass is 10.0. The number of alkyl halides is 3. The van der Waals surface area contributed by atoms with Crippen molar-refractivity contribution in [3.05, 3.63) is 52.6 Å². The molecule has 0 amide bonds. The first-order chi connectivity index (χ1) is 9.20. The predicted octanol–water partition coefficient (Wildman–Crippen LogP) is 2.93. The van der Waals surface area contributed by atoms with Gasteiger partial charge in [-0.2, -0.15) is 18.3 Å². The second kappa shape index (κ2) is 4.90. The Morgan fingerprint density at radius 3 is 2.35 bits per heavy atom. The Morgan fingerprint density at radius 2 is 1.90 bits per heavy atom. The van der Waals surface area contributed by atoms with Crippen LogP contribution < -0.4 is 5.73 Å². The van der Waals surface area contributed by atoms with Crippen molar-refractivity contribution < 1.29 is 17.6 Å². The number of aryl methyl sites for hydroxylation is 2. The Labute approximate surface area is 113 Å². The second-order valence-corrected chi connectivity index (χ2v) is 4.55. The molecule has 2 rings (SSSR count). The van der Waals surface area contributed by atoms with E-state index in [0.29, 0.717) is 11.8 Å². The van der Waals surface area contributed by atoms with Crippen LogP contribution in [0.4, 0.5) is 17.6 Å². The maximum atomic E-state index is 13.5. The van der Waals surface area contributed by atoms with Gasteiger partial charge >= 0.3 is 6.18 Å². The molecule has 1 aromatic heterocycles. The van der Waals surface area contributed by atoms with Crippen molar-refractivity contribution in [1.29, 1.82) is 0 Å². The number of rotatable bonds is 2. The molecule has 0 aliphatic carbocycles. The third-order valence-corrected chi connectivity index (χ3v) is 3.01. The minimum Gasteiger partial charge on any atom is -0.319 e. The number of nitrogens with two attached hydrogens (primary N) is 1. The van der Waals surface area contributed by atoms with E-state index in [1.54, 1.807) is 20.0 Å². The van der Waals surface area contributed by atoms with Gasteiger partial charge in [-0.15, -0.1) is 0 Å². The van der Waals surface area contributed by atoms with E-state index in [1.165, 1.54) is 10.7 Å². The number of nitrogens with zero attached hydrogens (tertiary/aromatic N) is 2. The molecule has 0 spiro atoms. The van der Waals surface area contributed by atoms with Crippen LogP contribution in [0.25, 0.3) is 0 Å². The topological polar surface area (TPSA) is 43.8 Å². The standard InChI is InChI=1S/C13H13F4N3/c1-7-5-11(20(2)19-7)12(18)8-3-4-9(10(14)6-8)13(15,16)17/h3-6,12H,18H2,1-2H3. The maximum absolute atomic E-state index is 13.5. The van der Waals surface area contributed by atoms with Gasteiger partial charge in [0.25, 0.3) is 0 Å². The van der Waals surface area contributed by atoms with E-state index in [9.17, 15) is 17.6 Å². The smallest absolute Gasteiger partial charge is 0.319 e. The number of hydrogen-bond donors (Lipinski definition) is 1. The Hall–Kier alpha value is -1.89. The first-order valence-electron chi connectivity index (χ1n) is 5.83. The molecule has 20 heavy (non-hydrogen) atoms. The molecule has 7 heteroatoms. The zero-order chi connectivity index (χ0) is 15.1. The molecule has 108 valence electrons. The molecular formula is C13H13F4N3. The summed E-state index contributed by atoms with van der Waals surface area (Å²) in [4.78, 5) is 0. The van der Waals surface area contributed by atoms with Crippen LogP contribution >= 0.6 is 0 Å². The van der Waals surface area contributed by atoms with Crippen molar-refractivity contribution in [1.82, 2.24) is 9.78 Å². The van der Waals surface area contributed by atoms with E-state index in [-0.39, 0.29) is 5.56 Å². The monoisotopic (exact) mass is 287 g/mol. The van der Waals surface area contributed by atoms with E-state index in [2.05, 4.69) is 5.10 Å².